The molecule has 1 saturated heterocycles. The summed E-state index contributed by atoms with van der Waals surface area (Å²) in [6, 6.07) is 18.0. The van der Waals surface area contributed by atoms with Gasteiger partial charge in [-0.3, -0.25) is 4.90 Å². The third-order valence-electron chi connectivity index (χ3n) is 7.50. The zero-order chi connectivity index (χ0) is 25.4. The van der Waals surface area contributed by atoms with Crippen molar-refractivity contribution >= 4 is 27.0 Å². The van der Waals surface area contributed by atoms with Gasteiger partial charge in [0.05, 0.1) is 35.5 Å². The molecule has 2 aromatic carbocycles. The molecule has 0 amide bonds. The number of fused-ring (bicyclic) bond motifs is 2. The summed E-state index contributed by atoms with van der Waals surface area (Å²) >= 11 is 0. The van der Waals surface area contributed by atoms with Crippen LogP contribution in [-0.4, -0.2) is 66.5 Å². The number of aryl methyl sites for hydroxylation is 2. The normalized spacial score (nSPS) is 18.9. The summed E-state index contributed by atoms with van der Waals surface area (Å²) in [6.45, 7) is 3.77. The molecule has 4 aromatic rings. The van der Waals surface area contributed by atoms with E-state index >= 15 is 0 Å². The largest absolute Gasteiger partial charge is 0.379 e. The van der Waals surface area contributed by atoms with Crippen LogP contribution in [0.25, 0.3) is 16.8 Å². The molecule has 2 aromatic heterocycles. The molecule has 37 heavy (non-hydrogen) atoms. The van der Waals surface area contributed by atoms with Gasteiger partial charge < -0.3 is 10.1 Å². The summed E-state index contributed by atoms with van der Waals surface area (Å²) in [5.74, 6) is 0.512. The number of ether oxygens (including phenoxy) is 1. The predicted molar refractivity (Wildman–Crippen MR) is 144 cm³/mol. The van der Waals surface area contributed by atoms with Crippen molar-refractivity contribution in [3.05, 3.63) is 71.9 Å². The fourth-order valence-electron chi connectivity index (χ4n) is 5.46. The Morgan fingerprint density at radius 1 is 0.946 bits per heavy atom. The second-order valence-electron chi connectivity index (χ2n) is 9.92. The molecule has 1 N–H and O–H groups in total. The van der Waals surface area contributed by atoms with Gasteiger partial charge in [0, 0.05) is 36.6 Å². The van der Waals surface area contributed by atoms with E-state index in [4.69, 9.17) is 9.84 Å². The number of hydrogen-bond donors (Lipinski definition) is 1. The van der Waals surface area contributed by atoms with Gasteiger partial charge in [0.2, 0.25) is 5.95 Å². The lowest BCUT2D eigenvalue weighted by Crippen LogP contribution is -2.43. The van der Waals surface area contributed by atoms with Crippen molar-refractivity contribution in [1.82, 2.24) is 19.5 Å². The van der Waals surface area contributed by atoms with Crippen molar-refractivity contribution in [2.24, 2.45) is 0 Å². The molecule has 1 fully saturated rings. The van der Waals surface area contributed by atoms with Gasteiger partial charge in [0.25, 0.3) is 0 Å². The van der Waals surface area contributed by atoms with E-state index in [-0.39, 0.29) is 0 Å². The van der Waals surface area contributed by atoms with E-state index in [1.807, 2.05) is 28.8 Å². The van der Waals surface area contributed by atoms with Crippen molar-refractivity contribution in [3.8, 4) is 11.3 Å². The maximum absolute atomic E-state index is 11.8. The zero-order valence-electron chi connectivity index (χ0n) is 20.9. The van der Waals surface area contributed by atoms with E-state index in [2.05, 4.69) is 33.4 Å². The van der Waals surface area contributed by atoms with Gasteiger partial charge in [-0.2, -0.15) is 0 Å². The Morgan fingerprint density at radius 3 is 2.46 bits per heavy atom. The summed E-state index contributed by atoms with van der Waals surface area (Å²) in [5.41, 5.74) is 6.43. The molecule has 3 heterocycles. The number of sulfone groups is 1. The number of rotatable bonds is 5. The van der Waals surface area contributed by atoms with Gasteiger partial charge in [0.1, 0.15) is 0 Å². The number of benzene rings is 2. The Morgan fingerprint density at radius 2 is 1.70 bits per heavy atom. The van der Waals surface area contributed by atoms with Gasteiger partial charge >= 0.3 is 0 Å². The number of anilines is 2. The molecular weight excluding hydrogens is 486 g/mol. The van der Waals surface area contributed by atoms with Gasteiger partial charge in [-0.1, -0.05) is 18.2 Å². The average molecular weight is 518 g/mol. The predicted octanol–water partition coefficient (Wildman–Crippen LogP) is 4.12. The van der Waals surface area contributed by atoms with E-state index in [0.717, 1.165) is 61.6 Å². The van der Waals surface area contributed by atoms with Gasteiger partial charge in [0.15, 0.2) is 9.84 Å². The summed E-state index contributed by atoms with van der Waals surface area (Å²) in [6.07, 6.45) is 7.54. The van der Waals surface area contributed by atoms with Crippen molar-refractivity contribution in [1.29, 1.82) is 0 Å². The van der Waals surface area contributed by atoms with Gasteiger partial charge in [-0.15, -0.1) is 5.10 Å². The Hall–Kier alpha value is -3.27. The SMILES string of the molecule is CS(=O)(=O)c1ccc(-c2ccc3cnc(Nc4ccc5c(c4)CCC(N4CCOCC4)CC5)nn23)cc1. The van der Waals surface area contributed by atoms with Crippen LogP contribution < -0.4 is 5.32 Å². The van der Waals surface area contributed by atoms with Crippen LogP contribution in [0, 0.1) is 0 Å². The number of hydrogen-bond acceptors (Lipinski definition) is 7. The molecule has 1 aliphatic heterocycles. The minimum absolute atomic E-state index is 0.300. The molecule has 0 bridgehead atoms. The fourth-order valence-corrected chi connectivity index (χ4v) is 6.09. The highest BCUT2D eigenvalue weighted by atomic mass is 32.2. The summed E-state index contributed by atoms with van der Waals surface area (Å²) in [7, 11) is -3.24. The standard InChI is InChI=1S/C28H31N5O3S/c1-37(34,35)26-11-5-21(6-12-26)27-13-10-25-19-29-28(31-33(25)27)30-23-7-2-20-3-8-24(9-4-22(20)18-23)32-14-16-36-17-15-32/h2,5-7,10-13,18-19,24H,3-4,8-9,14-17H2,1H3,(H,30,31). The van der Waals surface area contributed by atoms with Gasteiger partial charge in [-0.25, -0.2) is 17.9 Å². The first-order chi connectivity index (χ1) is 17.9. The summed E-state index contributed by atoms with van der Waals surface area (Å²) in [5, 5.41) is 8.13. The first kappa shape index (κ1) is 24.1. The summed E-state index contributed by atoms with van der Waals surface area (Å²) in [4.78, 5) is 7.42. The van der Waals surface area contributed by atoms with E-state index in [1.165, 1.54) is 30.2 Å². The molecule has 1 aliphatic carbocycles. The van der Waals surface area contributed by atoms with Crippen molar-refractivity contribution in [3.63, 3.8) is 0 Å². The van der Waals surface area contributed by atoms with Crippen LogP contribution >= 0.6 is 0 Å². The van der Waals surface area contributed by atoms with Crippen LogP contribution in [0.4, 0.5) is 11.6 Å². The second kappa shape index (κ2) is 9.89. The highest BCUT2D eigenvalue weighted by Crippen LogP contribution is 2.28. The zero-order valence-corrected chi connectivity index (χ0v) is 21.7. The maximum Gasteiger partial charge on any atom is 0.245 e. The molecule has 8 nitrogen and oxygen atoms in total. The van der Waals surface area contributed by atoms with E-state index in [0.29, 0.717) is 16.9 Å². The smallest absolute Gasteiger partial charge is 0.245 e. The quantitative estimate of drug-likeness (QED) is 0.398. The van der Waals surface area contributed by atoms with Crippen LogP contribution in [0.15, 0.2) is 65.7 Å². The first-order valence-corrected chi connectivity index (χ1v) is 14.7. The van der Waals surface area contributed by atoms with Crippen molar-refractivity contribution in [2.45, 2.75) is 36.6 Å². The number of aromatic nitrogens is 3. The lowest BCUT2D eigenvalue weighted by atomic mass is 10.0. The van der Waals surface area contributed by atoms with Crippen LogP contribution in [0.2, 0.25) is 0 Å². The lowest BCUT2D eigenvalue weighted by Gasteiger charge is -2.33. The molecule has 0 radical (unpaired) electrons. The molecule has 1 unspecified atom stereocenters. The van der Waals surface area contributed by atoms with Crippen LogP contribution in [0.3, 0.4) is 0 Å². The number of nitrogens with one attached hydrogen (secondary N) is 1. The second-order valence-corrected chi connectivity index (χ2v) is 11.9. The minimum Gasteiger partial charge on any atom is -0.379 e. The van der Waals surface area contributed by atoms with Crippen LogP contribution in [0.1, 0.15) is 24.0 Å². The van der Waals surface area contributed by atoms with E-state index in [1.54, 1.807) is 18.3 Å². The van der Waals surface area contributed by atoms with Crippen LogP contribution in [0.5, 0.6) is 0 Å². The fraction of sp³-hybridized carbons (Fsp3) is 0.357. The monoisotopic (exact) mass is 517 g/mol. The Bertz CT molecular complexity index is 1530. The third-order valence-corrected chi connectivity index (χ3v) is 8.62. The Kier molecular flexibility index (Phi) is 6.44. The topological polar surface area (TPSA) is 88.8 Å². The highest BCUT2D eigenvalue weighted by Gasteiger charge is 2.24. The molecule has 192 valence electrons. The van der Waals surface area contributed by atoms with Crippen LogP contribution in [-0.2, 0) is 27.4 Å². The Labute approximate surface area is 217 Å². The number of morpholine rings is 1. The molecule has 0 spiro atoms. The number of nitrogens with zero attached hydrogens (tertiary/aromatic N) is 4. The lowest BCUT2D eigenvalue weighted by molar-refractivity contribution is 0.0136. The summed E-state index contributed by atoms with van der Waals surface area (Å²) < 4.78 is 31.0. The van der Waals surface area contributed by atoms with Crippen molar-refractivity contribution in [2.75, 3.05) is 37.9 Å². The average Bonchev–Trinajstić information content (AvgIpc) is 3.21. The van der Waals surface area contributed by atoms with E-state index in [9.17, 15) is 8.42 Å². The molecular formula is C28H31N5O3S. The van der Waals surface area contributed by atoms with Crippen molar-refractivity contribution < 1.29 is 13.2 Å². The van der Waals surface area contributed by atoms with Gasteiger partial charge in [-0.05, 0) is 73.2 Å². The first-order valence-electron chi connectivity index (χ1n) is 12.8. The highest BCUT2D eigenvalue weighted by molar-refractivity contribution is 7.90. The molecule has 2 aliphatic rings. The Balaban J connectivity index is 1.21. The third kappa shape index (κ3) is 5.12. The van der Waals surface area contributed by atoms with E-state index < -0.39 is 9.84 Å². The molecule has 1 atom stereocenters. The maximum atomic E-state index is 11.8. The molecule has 6 rings (SSSR count). The molecule has 9 heteroatoms. The molecule has 0 saturated carbocycles. The minimum atomic E-state index is -3.24.